The summed E-state index contributed by atoms with van der Waals surface area (Å²) in [4.78, 5) is 26.0. The van der Waals surface area contributed by atoms with Crippen molar-refractivity contribution in [3.05, 3.63) is 29.8 Å². The Kier molecular flexibility index (Phi) is 5.77. The maximum atomic E-state index is 12.2. The van der Waals surface area contributed by atoms with Gasteiger partial charge in [-0.1, -0.05) is 31.5 Å². The molecule has 0 unspecified atom stereocenters. The number of aryl methyl sites for hydroxylation is 1. The predicted molar refractivity (Wildman–Crippen MR) is 90.1 cm³/mol. The molecule has 126 valence electrons. The number of aliphatic hydroxyl groups excluding tert-OH is 1. The van der Waals surface area contributed by atoms with Crippen molar-refractivity contribution >= 4 is 17.5 Å². The molecule has 1 aliphatic heterocycles. The van der Waals surface area contributed by atoms with Crippen molar-refractivity contribution < 1.29 is 14.7 Å². The Bertz CT molecular complexity index is 554. The fourth-order valence-electron chi connectivity index (χ4n) is 2.68. The molecule has 2 N–H and O–H groups in total. The first kappa shape index (κ1) is 17.5. The van der Waals surface area contributed by atoms with E-state index in [0.717, 1.165) is 11.3 Å². The maximum Gasteiger partial charge on any atom is 0.227 e. The third kappa shape index (κ3) is 4.55. The molecule has 2 amide bonds. The van der Waals surface area contributed by atoms with Gasteiger partial charge in [0.1, 0.15) is 0 Å². The molecule has 0 radical (unpaired) electrons. The van der Waals surface area contributed by atoms with E-state index in [4.69, 9.17) is 0 Å². The SMILES string of the molecule is Cc1ccc(N2C[C@H](C(=O)NCC[C@H](O)C(C)C)CC2=O)cc1. The van der Waals surface area contributed by atoms with Crippen LogP contribution in [0.4, 0.5) is 5.69 Å². The highest BCUT2D eigenvalue weighted by atomic mass is 16.3. The van der Waals surface area contributed by atoms with Crippen LogP contribution in [0.1, 0.15) is 32.3 Å². The van der Waals surface area contributed by atoms with E-state index in [1.807, 2.05) is 45.0 Å². The molecule has 0 aliphatic carbocycles. The number of anilines is 1. The summed E-state index contributed by atoms with van der Waals surface area (Å²) >= 11 is 0. The van der Waals surface area contributed by atoms with Crippen LogP contribution in [0.2, 0.25) is 0 Å². The Hall–Kier alpha value is -1.88. The van der Waals surface area contributed by atoms with Gasteiger partial charge in [-0.05, 0) is 31.4 Å². The molecule has 1 aromatic carbocycles. The lowest BCUT2D eigenvalue weighted by Gasteiger charge is -2.17. The lowest BCUT2D eigenvalue weighted by molar-refractivity contribution is -0.126. The minimum Gasteiger partial charge on any atom is -0.393 e. The summed E-state index contributed by atoms with van der Waals surface area (Å²) in [6.45, 7) is 6.74. The van der Waals surface area contributed by atoms with Crippen molar-refractivity contribution in [1.29, 1.82) is 0 Å². The van der Waals surface area contributed by atoms with Crippen LogP contribution in [0.5, 0.6) is 0 Å². The summed E-state index contributed by atoms with van der Waals surface area (Å²) < 4.78 is 0. The molecule has 1 fully saturated rings. The van der Waals surface area contributed by atoms with Crippen LogP contribution >= 0.6 is 0 Å². The van der Waals surface area contributed by atoms with Gasteiger partial charge in [0.05, 0.1) is 12.0 Å². The largest absolute Gasteiger partial charge is 0.393 e. The Labute approximate surface area is 137 Å². The smallest absolute Gasteiger partial charge is 0.227 e. The maximum absolute atomic E-state index is 12.2. The van der Waals surface area contributed by atoms with E-state index in [9.17, 15) is 14.7 Å². The second kappa shape index (κ2) is 7.59. The molecule has 0 spiro atoms. The lowest BCUT2D eigenvalue weighted by Crippen LogP contribution is -2.35. The van der Waals surface area contributed by atoms with Crippen molar-refractivity contribution in [2.45, 2.75) is 39.7 Å². The molecule has 1 aliphatic rings. The monoisotopic (exact) mass is 318 g/mol. The van der Waals surface area contributed by atoms with Crippen molar-refractivity contribution in [2.24, 2.45) is 11.8 Å². The van der Waals surface area contributed by atoms with Gasteiger partial charge in [0, 0.05) is 25.2 Å². The first-order valence-corrected chi connectivity index (χ1v) is 8.21. The summed E-state index contributed by atoms with van der Waals surface area (Å²) in [5.41, 5.74) is 1.98. The molecule has 1 aromatic rings. The number of benzene rings is 1. The summed E-state index contributed by atoms with van der Waals surface area (Å²) in [6, 6.07) is 7.74. The van der Waals surface area contributed by atoms with Crippen LogP contribution in [0.3, 0.4) is 0 Å². The number of nitrogens with zero attached hydrogens (tertiary/aromatic N) is 1. The Morgan fingerprint density at radius 2 is 2.00 bits per heavy atom. The molecule has 1 saturated heterocycles. The predicted octanol–water partition coefficient (Wildman–Crippen LogP) is 1.87. The van der Waals surface area contributed by atoms with Crippen molar-refractivity contribution in [3.63, 3.8) is 0 Å². The molecule has 1 heterocycles. The zero-order valence-electron chi connectivity index (χ0n) is 14.1. The van der Waals surface area contributed by atoms with Crippen LogP contribution < -0.4 is 10.2 Å². The highest BCUT2D eigenvalue weighted by Crippen LogP contribution is 2.25. The fraction of sp³-hybridized carbons (Fsp3) is 0.556. The third-order valence-electron chi connectivity index (χ3n) is 4.35. The standard InChI is InChI=1S/C18H26N2O3/c1-12(2)16(21)8-9-19-18(23)14-10-17(22)20(11-14)15-6-4-13(3)5-7-15/h4-7,12,14,16,21H,8-11H2,1-3H3,(H,19,23)/t14-,16+/m1/s1. The molecule has 23 heavy (non-hydrogen) atoms. The molecule has 0 aromatic heterocycles. The van der Waals surface area contributed by atoms with Crippen molar-refractivity contribution in [2.75, 3.05) is 18.0 Å². The zero-order chi connectivity index (χ0) is 17.0. The quantitative estimate of drug-likeness (QED) is 0.841. The first-order chi connectivity index (χ1) is 10.9. The summed E-state index contributed by atoms with van der Waals surface area (Å²) in [5, 5.41) is 12.6. The number of rotatable bonds is 6. The van der Waals surface area contributed by atoms with Crippen LogP contribution in [-0.4, -0.2) is 36.1 Å². The molecule has 2 atom stereocenters. The van der Waals surface area contributed by atoms with Crippen LogP contribution in [0, 0.1) is 18.8 Å². The van der Waals surface area contributed by atoms with Crippen LogP contribution in [-0.2, 0) is 9.59 Å². The average molecular weight is 318 g/mol. The second-order valence-corrected chi connectivity index (χ2v) is 6.63. The molecule has 0 saturated carbocycles. The highest BCUT2D eigenvalue weighted by Gasteiger charge is 2.34. The fourth-order valence-corrected chi connectivity index (χ4v) is 2.68. The van der Waals surface area contributed by atoms with E-state index in [1.165, 1.54) is 0 Å². The molecule has 0 bridgehead atoms. The Balaban J connectivity index is 1.86. The minimum atomic E-state index is -0.412. The molecular weight excluding hydrogens is 292 g/mol. The van der Waals surface area contributed by atoms with Gasteiger partial charge in [0.2, 0.25) is 11.8 Å². The third-order valence-corrected chi connectivity index (χ3v) is 4.35. The lowest BCUT2D eigenvalue weighted by atomic mass is 10.0. The van der Waals surface area contributed by atoms with Gasteiger partial charge in [-0.3, -0.25) is 9.59 Å². The van der Waals surface area contributed by atoms with E-state index in [2.05, 4.69) is 5.32 Å². The van der Waals surface area contributed by atoms with Crippen LogP contribution in [0.15, 0.2) is 24.3 Å². The van der Waals surface area contributed by atoms with Gasteiger partial charge in [-0.2, -0.15) is 0 Å². The van der Waals surface area contributed by atoms with Gasteiger partial charge in [0.25, 0.3) is 0 Å². The van der Waals surface area contributed by atoms with Gasteiger partial charge in [-0.25, -0.2) is 0 Å². The number of carbonyl (C=O) groups excluding carboxylic acids is 2. The van der Waals surface area contributed by atoms with Gasteiger partial charge in [0.15, 0.2) is 0 Å². The normalized spacial score (nSPS) is 19.3. The number of hydrogen-bond donors (Lipinski definition) is 2. The van der Waals surface area contributed by atoms with Crippen LogP contribution in [0.25, 0.3) is 0 Å². The summed E-state index contributed by atoms with van der Waals surface area (Å²) in [7, 11) is 0. The number of carbonyl (C=O) groups is 2. The van der Waals surface area contributed by atoms with E-state index in [0.29, 0.717) is 19.5 Å². The van der Waals surface area contributed by atoms with Gasteiger partial charge >= 0.3 is 0 Å². The highest BCUT2D eigenvalue weighted by molar-refractivity contribution is 6.00. The van der Waals surface area contributed by atoms with E-state index >= 15 is 0 Å². The molecule has 5 heteroatoms. The number of nitrogens with one attached hydrogen (secondary N) is 1. The van der Waals surface area contributed by atoms with E-state index in [1.54, 1.807) is 4.90 Å². The average Bonchev–Trinajstić information content (AvgIpc) is 2.89. The van der Waals surface area contributed by atoms with Gasteiger partial charge in [-0.15, -0.1) is 0 Å². The number of aliphatic hydroxyl groups is 1. The van der Waals surface area contributed by atoms with Gasteiger partial charge < -0.3 is 15.3 Å². The van der Waals surface area contributed by atoms with E-state index < -0.39 is 6.10 Å². The first-order valence-electron chi connectivity index (χ1n) is 8.21. The van der Waals surface area contributed by atoms with E-state index in [-0.39, 0.29) is 30.1 Å². The molecule has 5 nitrogen and oxygen atoms in total. The van der Waals surface area contributed by atoms with Crippen molar-refractivity contribution in [3.8, 4) is 0 Å². The zero-order valence-corrected chi connectivity index (χ0v) is 14.1. The summed E-state index contributed by atoms with van der Waals surface area (Å²) in [5.74, 6) is -0.267. The number of amides is 2. The molecule has 2 rings (SSSR count). The minimum absolute atomic E-state index is 0.0174. The van der Waals surface area contributed by atoms with Crippen molar-refractivity contribution in [1.82, 2.24) is 5.32 Å². The Morgan fingerprint density at radius 1 is 1.35 bits per heavy atom. The topological polar surface area (TPSA) is 69.6 Å². The molecular formula is C18H26N2O3. The Morgan fingerprint density at radius 3 is 2.61 bits per heavy atom. The number of hydrogen-bond acceptors (Lipinski definition) is 3. The summed E-state index contributed by atoms with van der Waals surface area (Å²) in [6.07, 6.45) is 0.364. The second-order valence-electron chi connectivity index (χ2n) is 6.63.